The van der Waals surface area contributed by atoms with Gasteiger partial charge in [-0.05, 0) is 44.5 Å². The van der Waals surface area contributed by atoms with Gasteiger partial charge in [0.2, 0.25) is 5.91 Å². The van der Waals surface area contributed by atoms with Crippen molar-refractivity contribution in [2.24, 2.45) is 11.3 Å². The van der Waals surface area contributed by atoms with Gasteiger partial charge in [-0.3, -0.25) is 9.59 Å². The number of hydrogen-bond donors (Lipinski definition) is 2. The Morgan fingerprint density at radius 3 is 2.45 bits per heavy atom. The lowest BCUT2D eigenvalue weighted by molar-refractivity contribution is -0.147. The fourth-order valence-electron chi connectivity index (χ4n) is 1.61. The van der Waals surface area contributed by atoms with Crippen molar-refractivity contribution in [3.63, 3.8) is 0 Å². The number of thioether (sulfide) groups is 1. The first-order valence-electron chi connectivity index (χ1n) is 7.12. The van der Waals surface area contributed by atoms with E-state index >= 15 is 0 Å². The summed E-state index contributed by atoms with van der Waals surface area (Å²) in [4.78, 5) is 23.8. The average molecular weight is 327 g/mol. The molecule has 0 saturated heterocycles. The number of carbonyl (C=O) groups is 2. The van der Waals surface area contributed by atoms with Gasteiger partial charge >= 0.3 is 5.97 Å². The monoisotopic (exact) mass is 327 g/mol. The van der Waals surface area contributed by atoms with E-state index < -0.39 is 11.4 Å². The van der Waals surface area contributed by atoms with Crippen molar-refractivity contribution < 1.29 is 19.1 Å². The van der Waals surface area contributed by atoms with Crippen LogP contribution < -0.4 is 5.32 Å². The van der Waals surface area contributed by atoms with Crippen molar-refractivity contribution in [3.05, 3.63) is 30.1 Å². The van der Waals surface area contributed by atoms with E-state index in [0.29, 0.717) is 18.7 Å². The van der Waals surface area contributed by atoms with Crippen LogP contribution in [0.15, 0.2) is 29.2 Å². The topological polar surface area (TPSA) is 66.4 Å². The molecule has 0 spiro atoms. The van der Waals surface area contributed by atoms with Crippen molar-refractivity contribution in [2.75, 3.05) is 12.3 Å². The molecule has 1 rings (SSSR count). The Labute approximate surface area is 134 Å². The first-order valence-corrected chi connectivity index (χ1v) is 8.10. The van der Waals surface area contributed by atoms with E-state index in [4.69, 9.17) is 5.11 Å². The van der Waals surface area contributed by atoms with Crippen LogP contribution in [0.1, 0.15) is 27.2 Å². The molecule has 1 amide bonds. The van der Waals surface area contributed by atoms with Gasteiger partial charge in [-0.1, -0.05) is 6.92 Å². The zero-order valence-electron chi connectivity index (χ0n) is 13.1. The Kier molecular flexibility index (Phi) is 6.87. The highest BCUT2D eigenvalue weighted by Gasteiger charge is 2.26. The van der Waals surface area contributed by atoms with Crippen LogP contribution in [0.3, 0.4) is 0 Å². The third-order valence-corrected chi connectivity index (χ3v) is 4.66. The summed E-state index contributed by atoms with van der Waals surface area (Å²) in [7, 11) is 0. The number of aliphatic carboxylic acids is 1. The summed E-state index contributed by atoms with van der Waals surface area (Å²) in [5.74, 6) is -0.878. The second-order valence-electron chi connectivity index (χ2n) is 5.90. The van der Waals surface area contributed by atoms with Crippen LogP contribution in [0.4, 0.5) is 4.39 Å². The molecule has 0 saturated carbocycles. The fourth-order valence-corrected chi connectivity index (χ4v) is 2.53. The van der Waals surface area contributed by atoms with Gasteiger partial charge < -0.3 is 10.4 Å². The molecule has 0 heterocycles. The molecule has 0 bridgehead atoms. The minimum Gasteiger partial charge on any atom is -0.481 e. The standard InChI is InChI=1S/C16H22FNO3S/c1-11(10-22-13-6-4-12(17)5-7-13)14(19)18-9-8-16(2,3)15(20)21/h4-7,11H,8-10H2,1-3H3,(H,18,19)(H,20,21). The van der Waals surface area contributed by atoms with E-state index in [0.717, 1.165) is 4.90 Å². The van der Waals surface area contributed by atoms with Gasteiger partial charge in [0, 0.05) is 23.1 Å². The molecule has 6 heteroatoms. The third kappa shape index (κ3) is 6.05. The number of amides is 1. The molecular formula is C16H22FNO3S. The SMILES string of the molecule is CC(CSc1ccc(F)cc1)C(=O)NCCC(C)(C)C(=O)O. The number of carboxylic acid groups (broad SMARTS) is 1. The lowest BCUT2D eigenvalue weighted by Gasteiger charge is -2.19. The molecule has 0 aromatic heterocycles. The molecule has 0 aliphatic rings. The lowest BCUT2D eigenvalue weighted by Crippen LogP contribution is -2.35. The van der Waals surface area contributed by atoms with Gasteiger partial charge in [-0.15, -0.1) is 11.8 Å². The maximum absolute atomic E-state index is 12.8. The van der Waals surface area contributed by atoms with E-state index in [9.17, 15) is 14.0 Å². The van der Waals surface area contributed by atoms with Crippen molar-refractivity contribution in [3.8, 4) is 0 Å². The highest BCUT2D eigenvalue weighted by Crippen LogP contribution is 2.22. The van der Waals surface area contributed by atoms with E-state index in [1.165, 1.54) is 23.9 Å². The fraction of sp³-hybridized carbons (Fsp3) is 0.500. The van der Waals surface area contributed by atoms with Crippen LogP contribution in [0.2, 0.25) is 0 Å². The second kappa shape index (κ2) is 8.17. The highest BCUT2D eigenvalue weighted by molar-refractivity contribution is 7.99. The van der Waals surface area contributed by atoms with Gasteiger partial charge in [-0.2, -0.15) is 0 Å². The zero-order valence-corrected chi connectivity index (χ0v) is 13.9. The first-order chi connectivity index (χ1) is 10.2. The summed E-state index contributed by atoms with van der Waals surface area (Å²) in [6.45, 7) is 5.42. The second-order valence-corrected chi connectivity index (χ2v) is 6.99. The third-order valence-electron chi connectivity index (χ3n) is 3.39. The lowest BCUT2D eigenvalue weighted by atomic mass is 9.89. The van der Waals surface area contributed by atoms with Crippen molar-refractivity contribution >= 4 is 23.6 Å². The molecule has 0 aliphatic carbocycles. The maximum atomic E-state index is 12.8. The Morgan fingerprint density at radius 2 is 1.91 bits per heavy atom. The van der Waals surface area contributed by atoms with E-state index in [-0.39, 0.29) is 17.6 Å². The Balaban J connectivity index is 2.33. The number of carbonyl (C=O) groups excluding carboxylic acids is 1. The molecule has 1 unspecified atom stereocenters. The summed E-state index contributed by atoms with van der Waals surface area (Å²) < 4.78 is 12.8. The van der Waals surface area contributed by atoms with Crippen molar-refractivity contribution in [2.45, 2.75) is 32.1 Å². The van der Waals surface area contributed by atoms with E-state index in [1.54, 1.807) is 26.0 Å². The molecule has 1 aromatic rings. The van der Waals surface area contributed by atoms with Gasteiger partial charge in [0.25, 0.3) is 0 Å². The van der Waals surface area contributed by atoms with Gasteiger partial charge in [0.1, 0.15) is 5.82 Å². The number of halogens is 1. The molecular weight excluding hydrogens is 305 g/mol. The van der Waals surface area contributed by atoms with Crippen molar-refractivity contribution in [1.82, 2.24) is 5.32 Å². The molecule has 22 heavy (non-hydrogen) atoms. The molecule has 0 fully saturated rings. The molecule has 0 aliphatic heterocycles. The van der Waals surface area contributed by atoms with Crippen LogP contribution in [0, 0.1) is 17.2 Å². The summed E-state index contributed by atoms with van der Waals surface area (Å²) in [6.07, 6.45) is 0.381. The zero-order chi connectivity index (χ0) is 16.8. The van der Waals surface area contributed by atoms with Gasteiger partial charge in [0.05, 0.1) is 5.41 Å². The number of nitrogens with one attached hydrogen (secondary N) is 1. The van der Waals surface area contributed by atoms with Crippen LogP contribution in [-0.4, -0.2) is 29.3 Å². The predicted octanol–water partition coefficient (Wildman–Crippen LogP) is 3.17. The summed E-state index contributed by atoms with van der Waals surface area (Å²) >= 11 is 1.49. The minimum atomic E-state index is -0.873. The molecule has 0 radical (unpaired) electrons. The van der Waals surface area contributed by atoms with E-state index in [1.807, 2.05) is 6.92 Å². The largest absolute Gasteiger partial charge is 0.481 e. The maximum Gasteiger partial charge on any atom is 0.309 e. The summed E-state index contributed by atoms with van der Waals surface area (Å²) in [5, 5.41) is 11.8. The quantitative estimate of drug-likeness (QED) is 0.720. The Bertz CT molecular complexity index is 517. The number of benzene rings is 1. The normalized spacial score (nSPS) is 12.7. The van der Waals surface area contributed by atoms with Crippen LogP contribution >= 0.6 is 11.8 Å². The molecule has 122 valence electrons. The molecule has 1 aromatic carbocycles. The Morgan fingerprint density at radius 1 is 1.32 bits per heavy atom. The number of carboxylic acids is 1. The molecule has 1 atom stereocenters. The molecule has 2 N–H and O–H groups in total. The number of rotatable bonds is 8. The van der Waals surface area contributed by atoms with Gasteiger partial charge in [-0.25, -0.2) is 4.39 Å². The first kappa shape index (κ1) is 18.5. The Hall–Kier alpha value is -1.56. The van der Waals surface area contributed by atoms with Crippen LogP contribution in [0.5, 0.6) is 0 Å². The predicted molar refractivity (Wildman–Crippen MR) is 85.3 cm³/mol. The number of hydrogen-bond acceptors (Lipinski definition) is 3. The average Bonchev–Trinajstić information content (AvgIpc) is 2.45. The summed E-state index contributed by atoms with van der Waals surface area (Å²) in [5.41, 5.74) is -0.848. The van der Waals surface area contributed by atoms with E-state index in [2.05, 4.69) is 5.32 Å². The van der Waals surface area contributed by atoms with Gasteiger partial charge in [0.15, 0.2) is 0 Å². The molecule has 4 nitrogen and oxygen atoms in total. The van der Waals surface area contributed by atoms with Crippen molar-refractivity contribution in [1.29, 1.82) is 0 Å². The van der Waals surface area contributed by atoms with Crippen LogP contribution in [-0.2, 0) is 9.59 Å². The summed E-state index contributed by atoms with van der Waals surface area (Å²) in [6, 6.07) is 6.14. The van der Waals surface area contributed by atoms with Crippen LogP contribution in [0.25, 0.3) is 0 Å². The highest BCUT2D eigenvalue weighted by atomic mass is 32.2. The minimum absolute atomic E-state index is 0.101. The smallest absolute Gasteiger partial charge is 0.309 e.